The van der Waals surface area contributed by atoms with E-state index in [9.17, 15) is 18.3 Å². The number of hydrogen-bond donors (Lipinski definition) is 2. The van der Waals surface area contributed by atoms with Gasteiger partial charge in [0, 0.05) is 16.6 Å². The van der Waals surface area contributed by atoms with Crippen molar-refractivity contribution in [3.8, 4) is 11.5 Å². The van der Waals surface area contributed by atoms with E-state index in [1.54, 1.807) is 12.1 Å². The molecule has 0 aliphatic heterocycles. The van der Waals surface area contributed by atoms with Gasteiger partial charge in [-0.3, -0.25) is 4.72 Å². The van der Waals surface area contributed by atoms with Gasteiger partial charge in [-0.15, -0.1) is 0 Å². The molecule has 2 N–H and O–H groups in total. The Labute approximate surface area is 147 Å². The van der Waals surface area contributed by atoms with Crippen molar-refractivity contribution in [2.45, 2.75) is 4.90 Å². The van der Waals surface area contributed by atoms with Crippen LogP contribution >= 0.6 is 15.9 Å². The summed E-state index contributed by atoms with van der Waals surface area (Å²) in [5, 5.41) is 9.32. The van der Waals surface area contributed by atoms with Gasteiger partial charge in [0.15, 0.2) is 11.5 Å². The van der Waals surface area contributed by atoms with Gasteiger partial charge in [-0.1, -0.05) is 22.0 Å². The number of ether oxygens (including phenoxy) is 2. The van der Waals surface area contributed by atoms with E-state index in [0.29, 0.717) is 4.47 Å². The number of aromatic carboxylic acids is 1. The molecule has 0 fully saturated rings. The Balaban J connectivity index is 2.53. The van der Waals surface area contributed by atoms with Crippen molar-refractivity contribution < 1.29 is 27.8 Å². The number of methoxy groups -OCH3 is 2. The van der Waals surface area contributed by atoms with Crippen molar-refractivity contribution in [1.29, 1.82) is 0 Å². The van der Waals surface area contributed by atoms with Gasteiger partial charge in [-0.05, 0) is 18.2 Å². The number of carboxylic acids is 1. The molecule has 2 aromatic rings. The molecule has 128 valence electrons. The quantitative estimate of drug-likeness (QED) is 0.751. The topological polar surface area (TPSA) is 102 Å². The van der Waals surface area contributed by atoms with Gasteiger partial charge in [0.25, 0.3) is 10.0 Å². The lowest BCUT2D eigenvalue weighted by molar-refractivity contribution is 0.0697. The van der Waals surface area contributed by atoms with Crippen LogP contribution in [-0.4, -0.2) is 33.7 Å². The molecule has 0 bridgehead atoms. The lowest BCUT2D eigenvalue weighted by Gasteiger charge is -2.14. The van der Waals surface area contributed by atoms with E-state index in [1.807, 2.05) is 0 Å². The van der Waals surface area contributed by atoms with Crippen LogP contribution in [0.1, 0.15) is 10.4 Å². The summed E-state index contributed by atoms with van der Waals surface area (Å²) < 4.78 is 38.0. The lowest BCUT2D eigenvalue weighted by Crippen LogP contribution is -2.16. The van der Waals surface area contributed by atoms with Gasteiger partial charge in [0.1, 0.15) is 0 Å². The Hall–Kier alpha value is -2.26. The molecule has 0 amide bonds. The van der Waals surface area contributed by atoms with Crippen LogP contribution in [0.3, 0.4) is 0 Å². The summed E-state index contributed by atoms with van der Waals surface area (Å²) >= 11 is 3.20. The highest BCUT2D eigenvalue weighted by Crippen LogP contribution is 2.34. The van der Waals surface area contributed by atoms with Crippen LogP contribution in [0.4, 0.5) is 5.69 Å². The Morgan fingerprint density at radius 1 is 1.12 bits per heavy atom. The number of halogens is 1. The number of hydrogen-bond acceptors (Lipinski definition) is 5. The van der Waals surface area contributed by atoms with Crippen LogP contribution in [0.2, 0.25) is 0 Å². The number of anilines is 1. The highest BCUT2D eigenvalue weighted by Gasteiger charge is 2.21. The van der Waals surface area contributed by atoms with Crippen LogP contribution in [0, 0.1) is 0 Å². The molecule has 0 atom stereocenters. The molecule has 0 saturated carbocycles. The molecule has 0 aromatic heterocycles. The van der Waals surface area contributed by atoms with Crippen molar-refractivity contribution >= 4 is 37.6 Å². The number of carboxylic acid groups (broad SMARTS) is 1. The zero-order chi connectivity index (χ0) is 17.9. The minimum absolute atomic E-state index is 0.0111. The van der Waals surface area contributed by atoms with E-state index in [2.05, 4.69) is 20.7 Å². The van der Waals surface area contributed by atoms with E-state index in [4.69, 9.17) is 9.47 Å². The van der Waals surface area contributed by atoms with Gasteiger partial charge in [0.2, 0.25) is 0 Å². The van der Waals surface area contributed by atoms with Crippen LogP contribution in [0.15, 0.2) is 45.8 Å². The number of rotatable bonds is 6. The average molecular weight is 416 g/mol. The molecule has 0 radical (unpaired) electrons. The third-order valence-electron chi connectivity index (χ3n) is 3.10. The number of benzene rings is 2. The fourth-order valence-electron chi connectivity index (χ4n) is 1.98. The fraction of sp³-hybridized carbons (Fsp3) is 0.133. The summed E-state index contributed by atoms with van der Waals surface area (Å²) in [4.78, 5) is 11.4. The fourth-order valence-corrected chi connectivity index (χ4v) is 3.65. The second kappa shape index (κ2) is 7.10. The monoisotopic (exact) mass is 415 g/mol. The maximum Gasteiger partial charge on any atom is 0.337 e. The standard InChI is InChI=1S/C15H14BrNO6S/c1-22-13-7-11(15(18)19)12(8-14(13)23-2)17-24(20,21)10-5-3-4-9(16)6-10/h3-8,17H,1-2H3,(H,18,19). The minimum Gasteiger partial charge on any atom is -0.493 e. The highest BCUT2D eigenvalue weighted by atomic mass is 79.9. The van der Waals surface area contributed by atoms with Crippen LogP contribution in [0.25, 0.3) is 0 Å². The molecule has 2 rings (SSSR count). The van der Waals surface area contributed by atoms with Crippen LogP contribution in [-0.2, 0) is 10.0 Å². The van der Waals surface area contributed by atoms with Crippen molar-refractivity contribution in [2.24, 2.45) is 0 Å². The summed E-state index contributed by atoms with van der Waals surface area (Å²) in [6, 6.07) is 8.50. The molecule has 0 saturated heterocycles. The van der Waals surface area contributed by atoms with Crippen molar-refractivity contribution in [1.82, 2.24) is 0 Å². The Bertz CT molecular complexity index is 882. The maximum atomic E-state index is 12.5. The lowest BCUT2D eigenvalue weighted by atomic mass is 10.1. The third-order valence-corrected chi connectivity index (χ3v) is 4.96. The van der Waals surface area contributed by atoms with Crippen molar-refractivity contribution in [3.63, 3.8) is 0 Å². The van der Waals surface area contributed by atoms with Crippen molar-refractivity contribution in [2.75, 3.05) is 18.9 Å². The SMILES string of the molecule is COc1cc(NS(=O)(=O)c2cccc(Br)c2)c(C(=O)O)cc1OC. The largest absolute Gasteiger partial charge is 0.493 e. The van der Waals surface area contributed by atoms with E-state index in [0.717, 1.165) is 0 Å². The molecular weight excluding hydrogens is 402 g/mol. The molecule has 0 aliphatic carbocycles. The molecule has 0 aliphatic rings. The summed E-state index contributed by atoms with van der Waals surface area (Å²) in [5.74, 6) is -0.919. The summed E-state index contributed by atoms with van der Waals surface area (Å²) in [6.45, 7) is 0. The smallest absolute Gasteiger partial charge is 0.337 e. The molecule has 9 heteroatoms. The van der Waals surface area contributed by atoms with E-state index in [1.165, 1.54) is 38.5 Å². The normalized spacial score (nSPS) is 11.0. The number of sulfonamides is 1. The zero-order valence-electron chi connectivity index (χ0n) is 12.7. The number of nitrogens with one attached hydrogen (secondary N) is 1. The van der Waals surface area contributed by atoms with E-state index in [-0.39, 0.29) is 27.6 Å². The number of carbonyl (C=O) groups is 1. The summed E-state index contributed by atoms with van der Waals surface area (Å²) in [5.41, 5.74) is -0.383. The minimum atomic E-state index is -3.98. The van der Waals surface area contributed by atoms with E-state index < -0.39 is 16.0 Å². The molecule has 7 nitrogen and oxygen atoms in total. The van der Waals surface area contributed by atoms with Crippen LogP contribution < -0.4 is 14.2 Å². The Morgan fingerprint density at radius 2 is 1.75 bits per heavy atom. The first kappa shape index (κ1) is 18.1. The molecular formula is C15H14BrNO6S. The highest BCUT2D eigenvalue weighted by molar-refractivity contribution is 9.10. The second-order valence-corrected chi connectivity index (χ2v) is 7.22. The second-order valence-electron chi connectivity index (χ2n) is 4.62. The molecule has 0 unspecified atom stereocenters. The first-order chi connectivity index (χ1) is 11.3. The van der Waals surface area contributed by atoms with Gasteiger partial charge >= 0.3 is 5.97 Å². The maximum absolute atomic E-state index is 12.5. The summed E-state index contributed by atoms with van der Waals surface area (Å²) in [6.07, 6.45) is 0. The Morgan fingerprint density at radius 3 is 2.29 bits per heavy atom. The Kier molecular flexibility index (Phi) is 5.35. The first-order valence-electron chi connectivity index (χ1n) is 6.56. The van der Waals surface area contributed by atoms with Crippen molar-refractivity contribution in [3.05, 3.63) is 46.4 Å². The van der Waals surface area contributed by atoms with Gasteiger partial charge < -0.3 is 14.6 Å². The van der Waals surface area contributed by atoms with Gasteiger partial charge in [0.05, 0.1) is 30.4 Å². The van der Waals surface area contributed by atoms with Crippen LogP contribution in [0.5, 0.6) is 11.5 Å². The predicted molar refractivity (Wildman–Crippen MR) is 91.5 cm³/mol. The summed E-state index contributed by atoms with van der Waals surface area (Å²) in [7, 11) is -1.25. The molecule has 0 heterocycles. The predicted octanol–water partition coefficient (Wildman–Crippen LogP) is 2.97. The molecule has 24 heavy (non-hydrogen) atoms. The van der Waals surface area contributed by atoms with E-state index >= 15 is 0 Å². The zero-order valence-corrected chi connectivity index (χ0v) is 15.1. The van der Waals surface area contributed by atoms with Gasteiger partial charge in [-0.2, -0.15) is 0 Å². The van der Waals surface area contributed by atoms with Gasteiger partial charge in [-0.25, -0.2) is 13.2 Å². The molecule has 0 spiro atoms. The molecule has 2 aromatic carbocycles. The first-order valence-corrected chi connectivity index (χ1v) is 8.84. The third kappa shape index (κ3) is 3.80. The average Bonchev–Trinajstić information content (AvgIpc) is 2.53.